The van der Waals surface area contributed by atoms with Gasteiger partial charge in [0.15, 0.2) is 0 Å². The van der Waals surface area contributed by atoms with Crippen molar-refractivity contribution in [3.8, 4) is 0 Å². The fourth-order valence-corrected chi connectivity index (χ4v) is 4.02. The van der Waals surface area contributed by atoms with Crippen LogP contribution in [0.5, 0.6) is 0 Å². The van der Waals surface area contributed by atoms with Crippen molar-refractivity contribution in [1.29, 1.82) is 0 Å². The Kier molecular flexibility index (Phi) is 15.3. The minimum atomic E-state index is 0.779. The zero-order chi connectivity index (χ0) is 9.78. The first-order valence-electron chi connectivity index (χ1n) is 4.27. The molecular weight excluding hydrogens is 263 g/mol. The van der Waals surface area contributed by atoms with E-state index in [9.17, 15) is 0 Å². The van der Waals surface area contributed by atoms with Crippen molar-refractivity contribution in [2.75, 3.05) is 46.3 Å². The molecule has 0 rings (SSSR count). The Labute approximate surface area is 104 Å². The maximum Gasteiger partial charge on any atom is 0.0314 e. The highest BCUT2D eigenvalue weighted by atomic mass is 35.5. The second-order valence-corrected chi connectivity index (χ2v) is 6.65. The van der Waals surface area contributed by atoms with E-state index >= 15 is 0 Å². The molecule has 0 aliphatic rings. The summed E-state index contributed by atoms with van der Waals surface area (Å²) in [5.41, 5.74) is 0. The molecule has 0 aromatic carbocycles. The summed E-state index contributed by atoms with van der Waals surface area (Å²) in [5.74, 6) is 8.70. The second kappa shape index (κ2) is 13.6. The lowest BCUT2D eigenvalue weighted by Crippen LogP contribution is -1.92. The highest BCUT2D eigenvalue weighted by molar-refractivity contribution is 8.04. The van der Waals surface area contributed by atoms with Gasteiger partial charge < -0.3 is 0 Å². The van der Waals surface area contributed by atoms with E-state index in [1.165, 1.54) is 23.0 Å². The summed E-state index contributed by atoms with van der Waals surface area (Å²) >= 11 is 17.0. The summed E-state index contributed by atoms with van der Waals surface area (Å²) in [6, 6.07) is 0. The summed E-state index contributed by atoms with van der Waals surface area (Å²) in [7, 11) is 0. The third-order valence-electron chi connectivity index (χ3n) is 1.19. The second-order valence-electron chi connectivity index (χ2n) is 2.22. The maximum atomic E-state index is 5.56. The first kappa shape index (κ1) is 14.6. The first-order valence-corrected chi connectivity index (χ1v) is 8.80. The van der Waals surface area contributed by atoms with Crippen molar-refractivity contribution in [3.63, 3.8) is 0 Å². The van der Waals surface area contributed by atoms with Gasteiger partial charge in [-0.15, -0.1) is 23.2 Å². The molecule has 0 unspecified atom stereocenters. The molecule has 0 amide bonds. The van der Waals surface area contributed by atoms with Gasteiger partial charge in [-0.05, 0) is 0 Å². The van der Waals surface area contributed by atoms with Crippen molar-refractivity contribution in [2.45, 2.75) is 0 Å². The zero-order valence-corrected chi connectivity index (χ0v) is 11.6. The average Bonchev–Trinajstić information content (AvgIpc) is 2.16. The lowest BCUT2D eigenvalue weighted by molar-refractivity contribution is 1.45. The van der Waals surface area contributed by atoms with Gasteiger partial charge in [0.05, 0.1) is 0 Å². The van der Waals surface area contributed by atoms with E-state index in [1.807, 2.05) is 35.3 Å². The van der Waals surface area contributed by atoms with Crippen molar-refractivity contribution < 1.29 is 0 Å². The van der Waals surface area contributed by atoms with Crippen LogP contribution in [-0.4, -0.2) is 46.3 Å². The molecule has 0 heterocycles. The van der Waals surface area contributed by atoms with Crippen molar-refractivity contribution in [2.24, 2.45) is 0 Å². The predicted molar refractivity (Wildman–Crippen MR) is 73.4 cm³/mol. The zero-order valence-electron chi connectivity index (χ0n) is 7.64. The summed E-state index contributed by atoms with van der Waals surface area (Å²) in [6.07, 6.45) is 0. The van der Waals surface area contributed by atoms with Crippen molar-refractivity contribution in [1.82, 2.24) is 0 Å². The van der Waals surface area contributed by atoms with Crippen LogP contribution in [0.4, 0.5) is 0 Å². The van der Waals surface area contributed by atoms with Crippen LogP contribution in [0.25, 0.3) is 0 Å². The Balaban J connectivity index is 2.76. The number of rotatable bonds is 10. The molecule has 0 aliphatic carbocycles. The highest BCUT2D eigenvalue weighted by Crippen LogP contribution is 2.10. The summed E-state index contributed by atoms with van der Waals surface area (Å²) in [4.78, 5) is 0. The molecule has 13 heavy (non-hydrogen) atoms. The molecule has 0 fully saturated rings. The SMILES string of the molecule is ClCCSCCSCCSCCCl. The molecule has 0 aromatic heterocycles. The maximum absolute atomic E-state index is 5.56. The fourth-order valence-electron chi connectivity index (χ4n) is 0.651. The van der Waals surface area contributed by atoms with Crippen LogP contribution in [0.1, 0.15) is 0 Å². The molecule has 0 N–H and O–H groups in total. The van der Waals surface area contributed by atoms with Gasteiger partial charge in [-0.1, -0.05) is 0 Å². The quantitative estimate of drug-likeness (QED) is 0.442. The van der Waals surface area contributed by atoms with Crippen LogP contribution in [0, 0.1) is 0 Å². The van der Waals surface area contributed by atoms with Gasteiger partial charge in [0, 0.05) is 46.3 Å². The molecule has 0 saturated heterocycles. The standard InChI is InChI=1S/C8H16Cl2S3/c9-1-3-11-5-7-13-8-6-12-4-2-10/h1-8H2. The summed E-state index contributed by atoms with van der Waals surface area (Å²) < 4.78 is 0. The molecule has 0 nitrogen and oxygen atoms in total. The molecule has 0 bridgehead atoms. The Bertz CT molecular complexity index is 83.5. The molecule has 0 aliphatic heterocycles. The lowest BCUT2D eigenvalue weighted by atomic mass is 10.9. The average molecular weight is 279 g/mol. The third-order valence-corrected chi connectivity index (χ3v) is 5.49. The smallest absolute Gasteiger partial charge is 0.0314 e. The number of thioether (sulfide) groups is 3. The monoisotopic (exact) mass is 278 g/mol. The van der Waals surface area contributed by atoms with Crippen LogP contribution in [-0.2, 0) is 0 Å². The number of hydrogen-bond donors (Lipinski definition) is 0. The highest BCUT2D eigenvalue weighted by Gasteiger charge is 1.91. The molecule has 0 spiro atoms. The third kappa shape index (κ3) is 13.6. The normalized spacial score (nSPS) is 10.6. The number of alkyl halides is 2. The molecule has 0 radical (unpaired) electrons. The van der Waals surface area contributed by atoms with E-state index in [4.69, 9.17) is 23.2 Å². The van der Waals surface area contributed by atoms with E-state index in [1.54, 1.807) is 0 Å². The van der Waals surface area contributed by atoms with Gasteiger partial charge in [0.2, 0.25) is 0 Å². The largest absolute Gasteiger partial charge is 0.160 e. The van der Waals surface area contributed by atoms with Gasteiger partial charge in [-0.3, -0.25) is 0 Å². The van der Waals surface area contributed by atoms with E-state index in [0.717, 1.165) is 23.3 Å². The Hall–Kier alpha value is 1.63. The molecule has 0 aromatic rings. The molecule has 80 valence electrons. The molecule has 5 heteroatoms. The lowest BCUT2D eigenvalue weighted by Gasteiger charge is -2.00. The fraction of sp³-hybridized carbons (Fsp3) is 1.00. The minimum Gasteiger partial charge on any atom is -0.160 e. The number of halogens is 2. The predicted octanol–water partition coefficient (Wildman–Crippen LogP) is 3.66. The van der Waals surface area contributed by atoms with Crippen LogP contribution in [0.3, 0.4) is 0 Å². The first-order chi connectivity index (χ1) is 6.41. The summed E-state index contributed by atoms with van der Waals surface area (Å²) in [5, 5.41) is 0. The van der Waals surface area contributed by atoms with Crippen LogP contribution in [0.2, 0.25) is 0 Å². The molecule has 0 atom stereocenters. The Morgan fingerprint density at radius 2 is 0.846 bits per heavy atom. The van der Waals surface area contributed by atoms with Gasteiger partial charge in [-0.25, -0.2) is 0 Å². The molecular formula is C8H16Cl2S3. The van der Waals surface area contributed by atoms with E-state index < -0.39 is 0 Å². The van der Waals surface area contributed by atoms with Crippen LogP contribution >= 0.6 is 58.5 Å². The Morgan fingerprint density at radius 3 is 1.15 bits per heavy atom. The van der Waals surface area contributed by atoms with Gasteiger partial charge in [0.1, 0.15) is 0 Å². The van der Waals surface area contributed by atoms with Gasteiger partial charge in [-0.2, -0.15) is 35.3 Å². The number of hydrogen-bond acceptors (Lipinski definition) is 3. The topological polar surface area (TPSA) is 0 Å². The van der Waals surface area contributed by atoms with Crippen LogP contribution in [0.15, 0.2) is 0 Å². The van der Waals surface area contributed by atoms with Gasteiger partial charge >= 0.3 is 0 Å². The van der Waals surface area contributed by atoms with E-state index in [-0.39, 0.29) is 0 Å². The molecule has 0 saturated carbocycles. The van der Waals surface area contributed by atoms with Gasteiger partial charge in [0.25, 0.3) is 0 Å². The Morgan fingerprint density at radius 1 is 0.538 bits per heavy atom. The van der Waals surface area contributed by atoms with Crippen LogP contribution < -0.4 is 0 Å². The van der Waals surface area contributed by atoms with Crippen molar-refractivity contribution in [3.05, 3.63) is 0 Å². The minimum absolute atomic E-state index is 0.779. The van der Waals surface area contributed by atoms with E-state index in [0.29, 0.717) is 0 Å². The van der Waals surface area contributed by atoms with Crippen molar-refractivity contribution >= 4 is 58.5 Å². The summed E-state index contributed by atoms with van der Waals surface area (Å²) in [6.45, 7) is 0. The van der Waals surface area contributed by atoms with E-state index in [2.05, 4.69) is 0 Å².